The number of alkyl halides is 1. The number of guanidine groups is 1. The van der Waals surface area contributed by atoms with Crippen LogP contribution in [0.4, 0.5) is 23.0 Å². The van der Waals surface area contributed by atoms with Crippen molar-refractivity contribution in [3.05, 3.63) is 103 Å². The van der Waals surface area contributed by atoms with Gasteiger partial charge in [0.1, 0.15) is 24.5 Å². The zero-order valence-corrected chi connectivity index (χ0v) is 20.9. The molecule has 178 valence electrons. The van der Waals surface area contributed by atoms with E-state index in [1.54, 1.807) is 6.07 Å². The molecule has 3 aromatic carbocycles. The number of hydrazone groups is 1. The molecule has 4 rings (SSSR count). The molecule has 0 amide bonds. The van der Waals surface area contributed by atoms with Gasteiger partial charge in [-0.05, 0) is 52.4 Å². The number of nitrogens with zero attached hydrogens (tertiary/aromatic N) is 4. The molecule has 0 saturated heterocycles. The van der Waals surface area contributed by atoms with Crippen molar-refractivity contribution < 1.29 is 4.74 Å². The Labute approximate surface area is 217 Å². The third-order valence-electron chi connectivity index (χ3n) is 4.74. The van der Waals surface area contributed by atoms with Crippen LogP contribution in [0.1, 0.15) is 5.56 Å². The Kier molecular flexibility index (Phi) is 8.30. The Bertz CT molecular complexity index is 1250. The predicted octanol–water partition coefficient (Wildman–Crippen LogP) is 4.62. The fraction of sp³-hybridized carbons (Fsp3) is 0.0800. The topological polar surface area (TPSA) is 127 Å². The molecule has 1 aromatic heterocycles. The lowest BCUT2D eigenvalue weighted by molar-refractivity contribution is 0.306. The monoisotopic (exact) mass is 580 g/mol. The average molecular weight is 580 g/mol. The van der Waals surface area contributed by atoms with Crippen molar-refractivity contribution in [3.8, 4) is 5.75 Å². The first-order valence-electron chi connectivity index (χ1n) is 10.8. The third-order valence-corrected chi connectivity index (χ3v) is 5.27. The van der Waals surface area contributed by atoms with E-state index in [4.69, 9.17) is 16.2 Å². The highest BCUT2D eigenvalue weighted by Gasteiger charge is 2.15. The summed E-state index contributed by atoms with van der Waals surface area (Å²) in [4.78, 5) is 8.58. The first-order chi connectivity index (χ1) is 17.1. The quantitative estimate of drug-likeness (QED) is 0.0430. The summed E-state index contributed by atoms with van der Waals surface area (Å²) < 4.78 is 5.37. The van der Waals surface area contributed by atoms with Crippen molar-refractivity contribution in [1.29, 1.82) is 0 Å². The number of ether oxygens (including phenoxy) is 1. The highest BCUT2D eigenvalue weighted by atomic mass is 127. The van der Waals surface area contributed by atoms with Crippen molar-refractivity contribution in [3.63, 3.8) is 0 Å². The number of nitrogens with one attached hydrogen (secondary N) is 2. The molecule has 0 saturated carbocycles. The number of anilines is 4. The van der Waals surface area contributed by atoms with E-state index in [0.717, 1.165) is 16.9 Å². The third kappa shape index (κ3) is 7.29. The van der Waals surface area contributed by atoms with Crippen LogP contribution in [0.5, 0.6) is 5.75 Å². The van der Waals surface area contributed by atoms with Crippen molar-refractivity contribution >= 4 is 51.6 Å². The SMILES string of the molecule is N/C(=N\N(c1cc(Nc2ccccc2)ncn1)C(N)I)Nc1cccc(OCc2ccccc2)c1. The van der Waals surface area contributed by atoms with Gasteiger partial charge in [0, 0.05) is 23.5 Å². The Morgan fingerprint density at radius 1 is 0.943 bits per heavy atom. The van der Waals surface area contributed by atoms with Crippen LogP contribution >= 0.6 is 22.6 Å². The van der Waals surface area contributed by atoms with Crippen LogP contribution in [0, 0.1) is 0 Å². The lowest BCUT2D eigenvalue weighted by atomic mass is 10.2. The smallest absolute Gasteiger partial charge is 0.216 e. The fourth-order valence-corrected chi connectivity index (χ4v) is 3.55. The summed E-state index contributed by atoms with van der Waals surface area (Å²) in [5, 5.41) is 12.3. The van der Waals surface area contributed by atoms with Crippen LogP contribution < -0.4 is 31.8 Å². The molecule has 9 nitrogen and oxygen atoms in total. The highest BCUT2D eigenvalue weighted by molar-refractivity contribution is 14.1. The Hall–Kier alpha value is -3.90. The van der Waals surface area contributed by atoms with E-state index in [0.29, 0.717) is 24.0 Å². The van der Waals surface area contributed by atoms with E-state index >= 15 is 0 Å². The number of benzene rings is 3. The number of para-hydroxylation sites is 1. The fourth-order valence-electron chi connectivity index (χ4n) is 3.14. The van der Waals surface area contributed by atoms with E-state index in [2.05, 4.69) is 25.7 Å². The molecule has 6 N–H and O–H groups in total. The number of rotatable bonds is 9. The zero-order chi connectivity index (χ0) is 24.5. The van der Waals surface area contributed by atoms with E-state index in [-0.39, 0.29) is 5.96 Å². The van der Waals surface area contributed by atoms with Crippen molar-refractivity contribution in [1.82, 2.24) is 9.97 Å². The molecule has 0 radical (unpaired) electrons. The summed E-state index contributed by atoms with van der Waals surface area (Å²) >= 11 is 2.04. The zero-order valence-electron chi connectivity index (χ0n) is 18.8. The van der Waals surface area contributed by atoms with Crippen LogP contribution in [0.25, 0.3) is 0 Å². The van der Waals surface area contributed by atoms with Crippen LogP contribution in [0.2, 0.25) is 0 Å². The first-order valence-corrected chi connectivity index (χ1v) is 12.0. The Morgan fingerprint density at radius 2 is 1.66 bits per heavy atom. The summed E-state index contributed by atoms with van der Waals surface area (Å²) in [6.07, 6.45) is 1.44. The second-order valence-corrected chi connectivity index (χ2v) is 8.66. The van der Waals surface area contributed by atoms with Crippen molar-refractivity contribution in [2.24, 2.45) is 16.6 Å². The molecule has 0 spiro atoms. The minimum Gasteiger partial charge on any atom is -0.489 e. The van der Waals surface area contributed by atoms with Gasteiger partial charge in [-0.15, -0.1) is 5.10 Å². The lowest BCUT2D eigenvalue weighted by Gasteiger charge is -2.22. The van der Waals surface area contributed by atoms with Crippen LogP contribution in [0.15, 0.2) is 102 Å². The average Bonchev–Trinajstić information content (AvgIpc) is 2.87. The lowest BCUT2D eigenvalue weighted by Crippen LogP contribution is -2.37. The van der Waals surface area contributed by atoms with Gasteiger partial charge in [0.2, 0.25) is 5.96 Å². The van der Waals surface area contributed by atoms with E-state index in [1.807, 2.05) is 108 Å². The van der Waals surface area contributed by atoms with E-state index < -0.39 is 4.17 Å². The summed E-state index contributed by atoms with van der Waals surface area (Å²) in [5.74, 6) is 1.95. The van der Waals surface area contributed by atoms with E-state index in [1.165, 1.54) is 11.3 Å². The largest absolute Gasteiger partial charge is 0.489 e. The second-order valence-electron chi connectivity index (χ2n) is 7.38. The van der Waals surface area contributed by atoms with Crippen LogP contribution in [-0.4, -0.2) is 20.1 Å². The minimum absolute atomic E-state index is 0.147. The molecule has 0 bridgehead atoms. The molecule has 0 aliphatic rings. The number of nitrogens with two attached hydrogens (primary N) is 2. The standard InChI is InChI=1S/C25H25IN8O/c26-24(27)34(23-15-22(29-17-30-23)31-19-10-5-2-6-11-19)33-25(28)32-20-12-7-13-21(14-20)35-16-18-8-3-1-4-9-18/h1-15,17,24H,16,27H2,(H3,28,32,33)(H,29,30,31). The Morgan fingerprint density at radius 3 is 2.40 bits per heavy atom. The molecule has 1 atom stereocenters. The number of halogens is 1. The van der Waals surface area contributed by atoms with Gasteiger partial charge in [0.05, 0.1) is 0 Å². The number of hydrogen-bond acceptors (Lipinski definition) is 7. The maximum atomic E-state index is 6.20. The molecule has 1 heterocycles. The van der Waals surface area contributed by atoms with Gasteiger partial charge < -0.3 is 26.8 Å². The molecule has 0 aliphatic carbocycles. The van der Waals surface area contributed by atoms with Crippen molar-refractivity contribution in [2.75, 3.05) is 15.6 Å². The predicted molar refractivity (Wildman–Crippen MR) is 149 cm³/mol. The van der Waals surface area contributed by atoms with Gasteiger partial charge in [-0.3, -0.25) is 0 Å². The molecule has 4 aromatic rings. The van der Waals surface area contributed by atoms with Gasteiger partial charge >= 0.3 is 0 Å². The molecule has 10 heteroatoms. The van der Waals surface area contributed by atoms with Gasteiger partial charge in [0.15, 0.2) is 9.99 Å². The number of aromatic nitrogens is 2. The molecule has 1 unspecified atom stereocenters. The summed E-state index contributed by atoms with van der Waals surface area (Å²) in [5.41, 5.74) is 15.1. The maximum Gasteiger partial charge on any atom is 0.216 e. The number of hydrogen-bond donors (Lipinski definition) is 4. The Balaban J connectivity index is 1.45. The molecular weight excluding hydrogens is 555 g/mol. The first kappa shape index (κ1) is 24.2. The summed E-state index contributed by atoms with van der Waals surface area (Å²) in [7, 11) is 0. The van der Waals surface area contributed by atoms with E-state index in [9.17, 15) is 0 Å². The molecule has 0 fully saturated rings. The van der Waals surface area contributed by atoms with Crippen LogP contribution in [0.3, 0.4) is 0 Å². The normalized spacial score (nSPS) is 12.0. The maximum absolute atomic E-state index is 6.20. The molecule has 0 aliphatic heterocycles. The summed E-state index contributed by atoms with van der Waals surface area (Å²) in [6, 6.07) is 28.9. The summed E-state index contributed by atoms with van der Waals surface area (Å²) in [6.45, 7) is 0.471. The van der Waals surface area contributed by atoms with Gasteiger partial charge in [-0.25, -0.2) is 15.0 Å². The van der Waals surface area contributed by atoms with Gasteiger partial charge in [-0.2, -0.15) is 0 Å². The molecule has 35 heavy (non-hydrogen) atoms. The minimum atomic E-state index is -0.520. The van der Waals surface area contributed by atoms with Crippen molar-refractivity contribution in [2.45, 2.75) is 10.8 Å². The highest BCUT2D eigenvalue weighted by Crippen LogP contribution is 2.22. The van der Waals surface area contributed by atoms with Gasteiger partial charge in [0.25, 0.3) is 0 Å². The van der Waals surface area contributed by atoms with Crippen LogP contribution in [-0.2, 0) is 6.61 Å². The van der Waals surface area contributed by atoms with Gasteiger partial charge in [-0.1, -0.05) is 54.6 Å². The molecular formula is C25H25IN8O. The second kappa shape index (κ2) is 12.0.